The van der Waals surface area contributed by atoms with E-state index in [0.29, 0.717) is 11.3 Å². The van der Waals surface area contributed by atoms with Gasteiger partial charge in [-0.25, -0.2) is 13.2 Å². The molecule has 0 saturated carbocycles. The van der Waals surface area contributed by atoms with E-state index in [1.165, 1.54) is 37.4 Å². The summed E-state index contributed by atoms with van der Waals surface area (Å²) in [7, 11) is -2.46. The summed E-state index contributed by atoms with van der Waals surface area (Å²) in [6.07, 6.45) is -0.0127. The summed E-state index contributed by atoms with van der Waals surface area (Å²) in [6, 6.07) is 13.8. The molecule has 118 valence electrons. The summed E-state index contributed by atoms with van der Waals surface area (Å²) < 4.78 is 26.6. The zero-order valence-electron chi connectivity index (χ0n) is 12.3. The molecule has 0 amide bonds. The van der Waals surface area contributed by atoms with Crippen LogP contribution in [0.2, 0.25) is 0 Å². The van der Waals surface area contributed by atoms with Crippen molar-refractivity contribution in [2.45, 2.75) is 11.3 Å². The van der Waals surface area contributed by atoms with Crippen molar-refractivity contribution in [2.24, 2.45) is 0 Å². The lowest BCUT2D eigenvalue weighted by Gasteiger charge is -2.21. The average molecular weight is 330 g/mol. The van der Waals surface area contributed by atoms with Crippen LogP contribution in [0, 0.1) is 11.3 Å². The van der Waals surface area contributed by atoms with E-state index in [4.69, 9.17) is 10.4 Å². The molecule has 0 bridgehead atoms. The second-order valence-corrected chi connectivity index (χ2v) is 6.70. The van der Waals surface area contributed by atoms with Crippen molar-refractivity contribution in [3.8, 4) is 6.07 Å². The van der Waals surface area contributed by atoms with Gasteiger partial charge >= 0.3 is 5.97 Å². The molecule has 2 aromatic rings. The quantitative estimate of drug-likeness (QED) is 0.907. The molecule has 2 aromatic carbocycles. The topological polar surface area (TPSA) is 98.5 Å². The highest BCUT2D eigenvalue weighted by molar-refractivity contribution is 7.92. The minimum absolute atomic E-state index is 0.0127. The molecule has 0 radical (unpaired) electrons. The van der Waals surface area contributed by atoms with Crippen molar-refractivity contribution in [2.75, 3.05) is 11.4 Å². The summed E-state index contributed by atoms with van der Waals surface area (Å²) in [5.41, 5.74) is 0.829. The van der Waals surface area contributed by atoms with E-state index >= 15 is 0 Å². The van der Waals surface area contributed by atoms with Crippen molar-refractivity contribution in [1.82, 2.24) is 0 Å². The molecule has 7 heteroatoms. The third-order valence-corrected chi connectivity index (χ3v) is 5.24. The van der Waals surface area contributed by atoms with Crippen molar-refractivity contribution >= 4 is 21.7 Å². The SMILES string of the molecule is CN(c1ccc(C(=O)O)cc1)S(=O)(=O)c1ccccc1CC#N. The van der Waals surface area contributed by atoms with Gasteiger partial charge in [-0.3, -0.25) is 4.31 Å². The molecule has 0 aromatic heterocycles. The van der Waals surface area contributed by atoms with Gasteiger partial charge < -0.3 is 5.11 Å². The number of carboxylic acid groups (broad SMARTS) is 1. The lowest BCUT2D eigenvalue weighted by atomic mass is 10.2. The lowest BCUT2D eigenvalue weighted by molar-refractivity contribution is 0.0697. The number of aromatic carboxylic acids is 1. The Morgan fingerprint density at radius 1 is 1.17 bits per heavy atom. The number of carbonyl (C=O) groups is 1. The Labute approximate surface area is 134 Å². The van der Waals surface area contributed by atoms with Crippen LogP contribution in [0.25, 0.3) is 0 Å². The standard InChI is InChI=1S/C16H14N2O4S/c1-18(14-8-6-13(7-9-14)16(19)20)23(21,22)15-5-3-2-4-12(15)10-11-17/h2-9H,10H2,1H3,(H,19,20). The number of hydrogen-bond donors (Lipinski definition) is 1. The number of nitrogens with zero attached hydrogens (tertiary/aromatic N) is 2. The van der Waals surface area contributed by atoms with E-state index < -0.39 is 16.0 Å². The molecule has 0 unspecified atom stereocenters. The normalized spacial score (nSPS) is 10.8. The van der Waals surface area contributed by atoms with Crippen LogP contribution in [0.4, 0.5) is 5.69 Å². The van der Waals surface area contributed by atoms with E-state index in [1.54, 1.807) is 18.2 Å². The number of carboxylic acids is 1. The highest BCUT2D eigenvalue weighted by Gasteiger charge is 2.24. The Morgan fingerprint density at radius 2 is 1.78 bits per heavy atom. The van der Waals surface area contributed by atoms with Crippen LogP contribution >= 0.6 is 0 Å². The number of benzene rings is 2. The van der Waals surface area contributed by atoms with Crippen molar-refractivity contribution < 1.29 is 18.3 Å². The number of rotatable bonds is 5. The highest BCUT2D eigenvalue weighted by atomic mass is 32.2. The van der Waals surface area contributed by atoms with Gasteiger partial charge in [-0.1, -0.05) is 18.2 Å². The van der Waals surface area contributed by atoms with Crippen molar-refractivity contribution in [1.29, 1.82) is 5.26 Å². The van der Waals surface area contributed by atoms with Gasteiger partial charge in [0.15, 0.2) is 0 Å². The highest BCUT2D eigenvalue weighted by Crippen LogP contribution is 2.25. The van der Waals surface area contributed by atoms with Gasteiger partial charge in [-0.05, 0) is 35.9 Å². The minimum Gasteiger partial charge on any atom is -0.478 e. The zero-order chi connectivity index (χ0) is 17.0. The summed E-state index contributed by atoms with van der Waals surface area (Å²) >= 11 is 0. The second kappa shape index (κ2) is 6.50. The van der Waals surface area contributed by atoms with Gasteiger partial charge in [0.25, 0.3) is 10.0 Å². The Kier molecular flexibility index (Phi) is 4.67. The molecule has 6 nitrogen and oxygen atoms in total. The molecule has 0 heterocycles. The van der Waals surface area contributed by atoms with Crippen molar-refractivity contribution in [3.63, 3.8) is 0 Å². The van der Waals surface area contributed by atoms with Crippen LogP contribution < -0.4 is 4.31 Å². The van der Waals surface area contributed by atoms with Crippen LogP contribution in [0.3, 0.4) is 0 Å². The predicted octanol–water partition coefficient (Wildman–Crippen LogP) is 2.28. The molecule has 1 N–H and O–H groups in total. The zero-order valence-corrected chi connectivity index (χ0v) is 13.1. The van der Waals surface area contributed by atoms with Crippen molar-refractivity contribution in [3.05, 3.63) is 59.7 Å². The maximum Gasteiger partial charge on any atom is 0.335 e. The monoisotopic (exact) mass is 330 g/mol. The summed E-state index contributed by atoms with van der Waals surface area (Å²) in [4.78, 5) is 10.9. The molecule has 0 aliphatic rings. The Morgan fingerprint density at radius 3 is 2.35 bits per heavy atom. The van der Waals surface area contributed by atoms with Gasteiger partial charge in [0.1, 0.15) is 0 Å². The first-order valence-corrected chi connectivity index (χ1v) is 8.09. The number of nitriles is 1. The molecule has 0 aliphatic heterocycles. The third kappa shape index (κ3) is 3.33. The van der Waals surface area contributed by atoms with E-state index in [2.05, 4.69) is 0 Å². The molecule has 2 rings (SSSR count). The van der Waals surface area contributed by atoms with E-state index in [9.17, 15) is 13.2 Å². The summed E-state index contributed by atoms with van der Waals surface area (Å²) in [5, 5.41) is 17.7. The molecule has 0 aliphatic carbocycles. The molecule has 0 spiro atoms. The maximum atomic E-state index is 12.7. The number of hydrogen-bond acceptors (Lipinski definition) is 4. The summed E-state index contributed by atoms with van der Waals surface area (Å²) in [6.45, 7) is 0. The van der Waals surface area contributed by atoms with E-state index in [0.717, 1.165) is 4.31 Å². The molecule has 0 saturated heterocycles. The molecule has 23 heavy (non-hydrogen) atoms. The van der Waals surface area contributed by atoms with Gasteiger partial charge in [0.05, 0.1) is 28.6 Å². The Balaban J connectivity index is 2.43. The smallest absolute Gasteiger partial charge is 0.335 e. The number of anilines is 1. The Hall–Kier alpha value is -2.85. The average Bonchev–Trinajstić information content (AvgIpc) is 2.55. The van der Waals surface area contributed by atoms with Gasteiger partial charge in [-0.2, -0.15) is 5.26 Å². The fourth-order valence-electron chi connectivity index (χ4n) is 2.09. The summed E-state index contributed by atoms with van der Waals surface area (Å²) in [5.74, 6) is -1.08. The van der Waals surface area contributed by atoms with Crippen LogP contribution in [0.1, 0.15) is 15.9 Å². The molecule has 0 atom stereocenters. The first-order chi connectivity index (χ1) is 10.9. The fraction of sp³-hybridized carbons (Fsp3) is 0.125. The number of sulfonamides is 1. The lowest BCUT2D eigenvalue weighted by Crippen LogP contribution is -2.27. The van der Waals surface area contributed by atoms with Crippen LogP contribution in [0.15, 0.2) is 53.4 Å². The fourth-order valence-corrected chi connectivity index (χ4v) is 3.50. The maximum absolute atomic E-state index is 12.7. The minimum atomic E-state index is -3.84. The van der Waals surface area contributed by atoms with E-state index in [1.807, 2.05) is 6.07 Å². The largest absolute Gasteiger partial charge is 0.478 e. The predicted molar refractivity (Wildman–Crippen MR) is 84.7 cm³/mol. The van der Waals surface area contributed by atoms with Crippen LogP contribution in [0.5, 0.6) is 0 Å². The third-order valence-electron chi connectivity index (χ3n) is 3.36. The van der Waals surface area contributed by atoms with Gasteiger partial charge in [0.2, 0.25) is 0 Å². The molecular formula is C16H14N2O4S. The van der Waals surface area contributed by atoms with Crippen LogP contribution in [-0.2, 0) is 16.4 Å². The van der Waals surface area contributed by atoms with Gasteiger partial charge in [-0.15, -0.1) is 0 Å². The second-order valence-electron chi connectivity index (χ2n) is 4.77. The molecular weight excluding hydrogens is 316 g/mol. The van der Waals surface area contributed by atoms with Crippen LogP contribution in [-0.4, -0.2) is 26.5 Å². The first-order valence-electron chi connectivity index (χ1n) is 6.65. The first kappa shape index (κ1) is 16.5. The van der Waals surface area contributed by atoms with Gasteiger partial charge in [0, 0.05) is 7.05 Å². The molecule has 0 fully saturated rings. The van der Waals surface area contributed by atoms with E-state index in [-0.39, 0.29) is 16.9 Å². The Bertz CT molecular complexity index is 868.